The summed E-state index contributed by atoms with van der Waals surface area (Å²) < 4.78 is 27.0. The van der Waals surface area contributed by atoms with Crippen LogP contribution in [0.2, 0.25) is 10.0 Å². The Bertz CT molecular complexity index is 560. The molecule has 0 spiro atoms. The summed E-state index contributed by atoms with van der Waals surface area (Å²) >= 11 is 11.9. The highest BCUT2D eigenvalue weighted by atomic mass is 35.5. The van der Waals surface area contributed by atoms with Gasteiger partial charge in [-0.15, -0.1) is 0 Å². The maximum Gasteiger partial charge on any atom is 0.244 e. The molecule has 0 N–H and O–H groups in total. The predicted molar refractivity (Wildman–Crippen MR) is 78.3 cm³/mol. The Hall–Kier alpha value is -0.290. The molecule has 0 amide bonds. The molecular weight excluding hydrogens is 305 g/mol. The molecule has 0 radical (unpaired) electrons. The van der Waals surface area contributed by atoms with Crippen LogP contribution in [0, 0.1) is 0 Å². The van der Waals surface area contributed by atoms with E-state index in [0.29, 0.717) is 11.6 Å². The molecule has 19 heavy (non-hydrogen) atoms. The summed E-state index contributed by atoms with van der Waals surface area (Å²) in [6.45, 7) is 2.57. The Morgan fingerprint density at radius 3 is 2.74 bits per heavy atom. The number of sulfonamides is 1. The highest BCUT2D eigenvalue weighted by Gasteiger charge is 2.33. The first-order valence-corrected chi connectivity index (χ1v) is 8.63. The Morgan fingerprint density at radius 2 is 2.05 bits per heavy atom. The summed E-state index contributed by atoms with van der Waals surface area (Å²) in [5.41, 5.74) is 0. The molecule has 1 aromatic carbocycles. The van der Waals surface area contributed by atoms with E-state index >= 15 is 0 Å². The zero-order chi connectivity index (χ0) is 14.0. The van der Waals surface area contributed by atoms with E-state index in [9.17, 15) is 8.42 Å². The van der Waals surface area contributed by atoms with Gasteiger partial charge in [-0.1, -0.05) is 36.5 Å². The van der Waals surface area contributed by atoms with Crippen molar-refractivity contribution in [3.8, 4) is 0 Å². The molecule has 2 rings (SSSR count). The van der Waals surface area contributed by atoms with Crippen LogP contribution in [0.4, 0.5) is 0 Å². The van der Waals surface area contributed by atoms with Gasteiger partial charge in [-0.2, -0.15) is 4.31 Å². The van der Waals surface area contributed by atoms with Gasteiger partial charge in [0.1, 0.15) is 4.90 Å². The SMILES string of the molecule is CC[C@H]1CCCCN1S(=O)(=O)c1cc(Cl)ccc1Cl. The summed E-state index contributed by atoms with van der Waals surface area (Å²) in [5, 5.41) is 0.609. The van der Waals surface area contributed by atoms with Crippen LogP contribution in [-0.2, 0) is 10.0 Å². The van der Waals surface area contributed by atoms with Crippen LogP contribution in [0.25, 0.3) is 0 Å². The monoisotopic (exact) mass is 321 g/mol. The van der Waals surface area contributed by atoms with E-state index < -0.39 is 10.0 Å². The van der Waals surface area contributed by atoms with Crippen molar-refractivity contribution in [1.29, 1.82) is 0 Å². The number of hydrogen-bond acceptors (Lipinski definition) is 2. The third kappa shape index (κ3) is 3.07. The predicted octanol–water partition coefficient (Wildman–Crippen LogP) is 3.95. The molecule has 0 bridgehead atoms. The van der Waals surface area contributed by atoms with Gasteiger partial charge >= 0.3 is 0 Å². The first kappa shape index (κ1) is 15.1. The summed E-state index contributed by atoms with van der Waals surface area (Å²) in [5.74, 6) is 0. The summed E-state index contributed by atoms with van der Waals surface area (Å²) in [6, 6.07) is 4.62. The maximum absolute atomic E-state index is 12.7. The molecule has 1 aromatic rings. The van der Waals surface area contributed by atoms with Crippen LogP contribution >= 0.6 is 23.2 Å². The van der Waals surface area contributed by atoms with E-state index in [1.807, 2.05) is 6.92 Å². The number of piperidine rings is 1. The van der Waals surface area contributed by atoms with Crippen molar-refractivity contribution >= 4 is 33.2 Å². The maximum atomic E-state index is 12.7. The van der Waals surface area contributed by atoms with Gasteiger partial charge in [-0.3, -0.25) is 0 Å². The topological polar surface area (TPSA) is 37.4 Å². The average Bonchev–Trinajstić information content (AvgIpc) is 2.41. The summed E-state index contributed by atoms with van der Waals surface area (Å²) in [4.78, 5) is 0.113. The van der Waals surface area contributed by atoms with Crippen LogP contribution in [0.5, 0.6) is 0 Å². The van der Waals surface area contributed by atoms with Crippen LogP contribution in [0.15, 0.2) is 23.1 Å². The summed E-state index contributed by atoms with van der Waals surface area (Å²) in [7, 11) is -3.56. The molecule has 106 valence electrons. The fourth-order valence-corrected chi connectivity index (χ4v) is 5.01. The third-order valence-corrected chi connectivity index (χ3v) is 6.19. The Labute approximate surface area is 124 Å². The lowest BCUT2D eigenvalue weighted by molar-refractivity contribution is 0.246. The van der Waals surface area contributed by atoms with Crippen LogP contribution in [-0.4, -0.2) is 25.3 Å². The van der Waals surface area contributed by atoms with Gasteiger partial charge in [0.15, 0.2) is 0 Å². The number of benzene rings is 1. The van der Waals surface area contributed by atoms with Crippen molar-refractivity contribution in [3.05, 3.63) is 28.2 Å². The minimum absolute atomic E-state index is 0.0637. The van der Waals surface area contributed by atoms with E-state index in [4.69, 9.17) is 23.2 Å². The second-order valence-electron chi connectivity index (χ2n) is 4.75. The molecule has 1 aliphatic rings. The van der Waals surface area contributed by atoms with Crippen molar-refractivity contribution in [2.45, 2.75) is 43.5 Å². The van der Waals surface area contributed by atoms with Crippen LogP contribution in [0.1, 0.15) is 32.6 Å². The van der Waals surface area contributed by atoms with E-state index in [0.717, 1.165) is 25.7 Å². The largest absolute Gasteiger partial charge is 0.244 e. The van der Waals surface area contributed by atoms with Gasteiger partial charge in [-0.25, -0.2) is 8.42 Å². The van der Waals surface area contributed by atoms with Crippen molar-refractivity contribution in [3.63, 3.8) is 0 Å². The number of hydrogen-bond donors (Lipinski definition) is 0. The van der Waals surface area contributed by atoms with Crippen LogP contribution in [0.3, 0.4) is 0 Å². The molecule has 0 saturated carbocycles. The number of rotatable bonds is 3. The Balaban J connectivity index is 2.43. The number of nitrogens with zero attached hydrogens (tertiary/aromatic N) is 1. The first-order chi connectivity index (χ1) is 8.96. The molecule has 1 saturated heterocycles. The van der Waals surface area contributed by atoms with E-state index in [2.05, 4.69) is 0 Å². The average molecular weight is 322 g/mol. The van der Waals surface area contributed by atoms with Crippen molar-refractivity contribution in [2.24, 2.45) is 0 Å². The quantitative estimate of drug-likeness (QED) is 0.845. The molecule has 0 aliphatic carbocycles. The molecule has 1 atom stereocenters. The van der Waals surface area contributed by atoms with Gasteiger partial charge in [0, 0.05) is 17.6 Å². The van der Waals surface area contributed by atoms with Gasteiger partial charge in [0.2, 0.25) is 10.0 Å². The lowest BCUT2D eigenvalue weighted by atomic mass is 10.0. The number of halogens is 2. The smallest absolute Gasteiger partial charge is 0.207 e. The van der Waals surface area contributed by atoms with Gasteiger partial charge < -0.3 is 0 Å². The third-order valence-electron chi connectivity index (χ3n) is 3.52. The first-order valence-electron chi connectivity index (χ1n) is 6.43. The molecular formula is C13H17Cl2NO2S. The Morgan fingerprint density at radius 1 is 1.32 bits per heavy atom. The van der Waals surface area contributed by atoms with Gasteiger partial charge in [-0.05, 0) is 37.5 Å². The highest BCUT2D eigenvalue weighted by Crippen LogP contribution is 2.32. The second kappa shape index (κ2) is 6.00. The molecule has 0 aromatic heterocycles. The minimum Gasteiger partial charge on any atom is -0.207 e. The lowest BCUT2D eigenvalue weighted by Gasteiger charge is -2.34. The zero-order valence-electron chi connectivity index (χ0n) is 10.8. The van der Waals surface area contributed by atoms with Crippen molar-refractivity contribution in [1.82, 2.24) is 4.31 Å². The fraction of sp³-hybridized carbons (Fsp3) is 0.538. The molecule has 1 fully saturated rings. The molecule has 1 aliphatic heterocycles. The lowest BCUT2D eigenvalue weighted by Crippen LogP contribution is -2.43. The molecule has 0 unspecified atom stereocenters. The highest BCUT2D eigenvalue weighted by molar-refractivity contribution is 7.89. The fourth-order valence-electron chi connectivity index (χ4n) is 2.50. The minimum atomic E-state index is -3.56. The Kier molecular flexibility index (Phi) is 4.77. The molecule has 1 heterocycles. The van der Waals surface area contributed by atoms with Gasteiger partial charge in [0.05, 0.1) is 5.02 Å². The van der Waals surface area contributed by atoms with Crippen molar-refractivity contribution < 1.29 is 8.42 Å². The van der Waals surface area contributed by atoms with E-state index in [-0.39, 0.29) is 16.0 Å². The zero-order valence-corrected chi connectivity index (χ0v) is 13.1. The van der Waals surface area contributed by atoms with E-state index in [1.54, 1.807) is 10.4 Å². The van der Waals surface area contributed by atoms with Crippen LogP contribution < -0.4 is 0 Å². The normalized spacial score (nSPS) is 21.5. The second-order valence-corrected chi connectivity index (χ2v) is 7.45. The molecule has 6 heteroatoms. The van der Waals surface area contributed by atoms with E-state index in [1.165, 1.54) is 12.1 Å². The molecule has 3 nitrogen and oxygen atoms in total. The van der Waals surface area contributed by atoms with Gasteiger partial charge in [0.25, 0.3) is 0 Å². The summed E-state index contributed by atoms with van der Waals surface area (Å²) in [6.07, 6.45) is 3.70. The van der Waals surface area contributed by atoms with Crippen molar-refractivity contribution in [2.75, 3.05) is 6.54 Å². The standard InChI is InChI=1S/C13H17Cl2NO2S/c1-2-11-5-3-4-8-16(11)19(17,18)13-9-10(14)6-7-12(13)15/h6-7,9,11H,2-5,8H2,1H3/t11-/m0/s1.